The third-order valence-electron chi connectivity index (χ3n) is 3.05. The van der Waals surface area contributed by atoms with Crippen molar-refractivity contribution in [2.45, 2.75) is 30.9 Å². The Bertz CT molecular complexity index is 778. The highest BCUT2D eigenvalue weighted by Crippen LogP contribution is 2.23. The summed E-state index contributed by atoms with van der Waals surface area (Å²) in [5.41, 5.74) is 0.661. The molecule has 0 amide bonds. The quantitative estimate of drug-likeness (QED) is 0.913. The predicted octanol–water partition coefficient (Wildman–Crippen LogP) is 2.69. The number of nitrogens with zero attached hydrogens (tertiary/aromatic N) is 1. The molecule has 1 aromatic carbocycles. The summed E-state index contributed by atoms with van der Waals surface area (Å²) in [4.78, 5) is 15.9. The topological polar surface area (TPSA) is 84.3 Å². The van der Waals surface area contributed by atoms with Gasteiger partial charge in [-0.15, -0.1) is 11.3 Å². The first-order valence-electron chi connectivity index (χ1n) is 6.33. The fraction of sp³-hybridized carbons (Fsp3) is 0.286. The lowest BCUT2D eigenvalue weighted by Gasteiger charge is -2.07. The molecule has 0 bridgehead atoms. The monoisotopic (exact) mass is 325 g/mol. The Balaban J connectivity index is 2.40. The standard InChI is InChI=1S/C14H15NO4S2/c1-3-10-4-5-12(6-13(10)14(16)17)21(18,19)8-11-7-15-9(2)20-11/h4-7H,3,8H2,1-2H3,(H,16,17). The minimum atomic E-state index is -3.57. The molecule has 2 aromatic rings. The van der Waals surface area contributed by atoms with Gasteiger partial charge in [-0.2, -0.15) is 0 Å². The Kier molecular flexibility index (Phi) is 4.43. The molecule has 5 nitrogen and oxygen atoms in total. The summed E-state index contributed by atoms with van der Waals surface area (Å²) in [6.45, 7) is 3.63. The Morgan fingerprint density at radius 1 is 1.38 bits per heavy atom. The first-order chi connectivity index (χ1) is 9.83. The number of aryl methyl sites for hydroxylation is 2. The maximum Gasteiger partial charge on any atom is 0.336 e. The summed E-state index contributed by atoms with van der Waals surface area (Å²) in [6.07, 6.45) is 2.08. The van der Waals surface area contributed by atoms with Gasteiger partial charge in [0.2, 0.25) is 0 Å². The summed E-state index contributed by atoms with van der Waals surface area (Å²) < 4.78 is 24.7. The average molecular weight is 325 g/mol. The SMILES string of the molecule is CCc1ccc(S(=O)(=O)Cc2cnc(C)s2)cc1C(=O)O. The van der Waals surface area contributed by atoms with Gasteiger partial charge < -0.3 is 5.11 Å². The minimum Gasteiger partial charge on any atom is -0.478 e. The van der Waals surface area contributed by atoms with Crippen molar-refractivity contribution in [3.8, 4) is 0 Å². The van der Waals surface area contributed by atoms with Crippen LogP contribution in [0.1, 0.15) is 32.7 Å². The van der Waals surface area contributed by atoms with E-state index in [0.717, 1.165) is 5.01 Å². The molecular formula is C14H15NO4S2. The highest BCUT2D eigenvalue weighted by Gasteiger charge is 2.20. The van der Waals surface area contributed by atoms with Gasteiger partial charge in [0.25, 0.3) is 0 Å². The molecule has 0 aliphatic carbocycles. The van der Waals surface area contributed by atoms with Crippen LogP contribution in [0, 0.1) is 6.92 Å². The van der Waals surface area contributed by atoms with Crippen LogP contribution in [-0.2, 0) is 22.0 Å². The molecular weight excluding hydrogens is 310 g/mol. The summed E-state index contributed by atoms with van der Waals surface area (Å²) in [6, 6.07) is 4.27. The molecule has 0 aliphatic heterocycles. The van der Waals surface area contributed by atoms with Crippen LogP contribution in [0.3, 0.4) is 0 Å². The van der Waals surface area contributed by atoms with E-state index in [1.807, 2.05) is 6.92 Å². The van der Waals surface area contributed by atoms with Crippen molar-refractivity contribution in [3.63, 3.8) is 0 Å². The number of aromatic carboxylic acids is 1. The fourth-order valence-corrected chi connectivity index (χ4v) is 4.48. The van der Waals surface area contributed by atoms with E-state index in [0.29, 0.717) is 16.9 Å². The van der Waals surface area contributed by atoms with Crippen LogP contribution in [0.15, 0.2) is 29.3 Å². The maximum absolute atomic E-state index is 12.4. The second-order valence-corrected chi connectivity index (χ2v) is 7.89. The number of thiazole rings is 1. The van der Waals surface area contributed by atoms with E-state index < -0.39 is 15.8 Å². The molecule has 0 aliphatic rings. The van der Waals surface area contributed by atoms with Crippen LogP contribution in [0.5, 0.6) is 0 Å². The zero-order chi connectivity index (χ0) is 15.6. The maximum atomic E-state index is 12.4. The third-order valence-corrected chi connectivity index (χ3v) is 5.81. The molecule has 0 saturated heterocycles. The average Bonchev–Trinajstić information content (AvgIpc) is 2.82. The second-order valence-electron chi connectivity index (χ2n) is 4.58. The molecule has 1 heterocycles. The number of carbonyl (C=O) groups is 1. The first-order valence-corrected chi connectivity index (χ1v) is 8.80. The Morgan fingerprint density at radius 3 is 2.62 bits per heavy atom. The molecule has 0 unspecified atom stereocenters. The van der Waals surface area contributed by atoms with Crippen LogP contribution < -0.4 is 0 Å². The molecule has 1 N–H and O–H groups in total. The van der Waals surface area contributed by atoms with Crippen molar-refractivity contribution in [1.29, 1.82) is 0 Å². The van der Waals surface area contributed by atoms with Gasteiger partial charge >= 0.3 is 5.97 Å². The van der Waals surface area contributed by atoms with Crippen molar-refractivity contribution in [1.82, 2.24) is 4.98 Å². The highest BCUT2D eigenvalue weighted by molar-refractivity contribution is 7.90. The molecule has 112 valence electrons. The van der Waals surface area contributed by atoms with Crippen LogP contribution in [0.4, 0.5) is 0 Å². The van der Waals surface area contributed by atoms with Crippen LogP contribution in [0.2, 0.25) is 0 Å². The number of aromatic nitrogens is 1. The summed E-state index contributed by atoms with van der Waals surface area (Å²) in [5, 5.41) is 9.98. The first kappa shape index (κ1) is 15.7. The molecule has 21 heavy (non-hydrogen) atoms. The smallest absolute Gasteiger partial charge is 0.336 e. The van der Waals surface area contributed by atoms with Crippen molar-refractivity contribution in [3.05, 3.63) is 45.4 Å². The van der Waals surface area contributed by atoms with Crippen molar-refractivity contribution < 1.29 is 18.3 Å². The van der Waals surface area contributed by atoms with Gasteiger partial charge in [0.1, 0.15) is 0 Å². The molecule has 1 aromatic heterocycles. The van der Waals surface area contributed by atoms with Gasteiger partial charge in [0.05, 0.1) is 21.2 Å². The number of benzene rings is 1. The number of carboxylic acids is 1. The van der Waals surface area contributed by atoms with Crippen molar-refractivity contribution in [2.75, 3.05) is 0 Å². The molecule has 0 atom stereocenters. The zero-order valence-electron chi connectivity index (χ0n) is 11.7. The van der Waals surface area contributed by atoms with Crippen LogP contribution in [-0.4, -0.2) is 24.5 Å². The number of hydrogen-bond donors (Lipinski definition) is 1. The lowest BCUT2D eigenvalue weighted by atomic mass is 10.1. The molecule has 0 radical (unpaired) electrons. The van der Waals surface area contributed by atoms with E-state index in [2.05, 4.69) is 4.98 Å². The van der Waals surface area contributed by atoms with Crippen LogP contribution >= 0.6 is 11.3 Å². The number of carboxylic acid groups (broad SMARTS) is 1. The van der Waals surface area contributed by atoms with E-state index >= 15 is 0 Å². The van der Waals surface area contributed by atoms with E-state index in [1.54, 1.807) is 13.0 Å². The number of hydrogen-bond acceptors (Lipinski definition) is 5. The van der Waals surface area contributed by atoms with E-state index in [9.17, 15) is 18.3 Å². The summed E-state index contributed by atoms with van der Waals surface area (Å²) in [7, 11) is -3.57. The molecule has 2 rings (SSSR count). The van der Waals surface area contributed by atoms with E-state index in [4.69, 9.17) is 0 Å². The molecule has 7 heteroatoms. The van der Waals surface area contributed by atoms with Gasteiger partial charge in [-0.3, -0.25) is 0 Å². The predicted molar refractivity (Wildman–Crippen MR) is 80.5 cm³/mol. The van der Waals surface area contributed by atoms with Crippen molar-refractivity contribution >= 4 is 27.1 Å². The van der Waals surface area contributed by atoms with Gasteiger partial charge in [-0.25, -0.2) is 18.2 Å². The molecule has 0 fully saturated rings. The van der Waals surface area contributed by atoms with Gasteiger partial charge in [0.15, 0.2) is 9.84 Å². The lowest BCUT2D eigenvalue weighted by molar-refractivity contribution is 0.0695. The largest absolute Gasteiger partial charge is 0.478 e. The Hall–Kier alpha value is -1.73. The Labute approximate surface area is 127 Å². The van der Waals surface area contributed by atoms with Crippen LogP contribution in [0.25, 0.3) is 0 Å². The third kappa shape index (κ3) is 3.48. The van der Waals surface area contributed by atoms with Gasteiger partial charge in [-0.1, -0.05) is 13.0 Å². The normalized spacial score (nSPS) is 11.5. The second kappa shape index (κ2) is 5.95. The summed E-state index contributed by atoms with van der Waals surface area (Å²) >= 11 is 1.32. The van der Waals surface area contributed by atoms with Gasteiger partial charge in [0, 0.05) is 11.1 Å². The summed E-state index contributed by atoms with van der Waals surface area (Å²) in [5.74, 6) is -1.28. The molecule has 0 spiro atoms. The number of sulfone groups is 1. The Morgan fingerprint density at radius 2 is 2.10 bits per heavy atom. The fourth-order valence-electron chi connectivity index (χ4n) is 2.00. The highest BCUT2D eigenvalue weighted by atomic mass is 32.2. The number of rotatable bonds is 5. The van der Waals surface area contributed by atoms with Crippen molar-refractivity contribution in [2.24, 2.45) is 0 Å². The lowest BCUT2D eigenvalue weighted by Crippen LogP contribution is -2.08. The van der Waals surface area contributed by atoms with E-state index in [-0.39, 0.29) is 16.2 Å². The zero-order valence-corrected chi connectivity index (χ0v) is 13.3. The van der Waals surface area contributed by atoms with Gasteiger partial charge in [-0.05, 0) is 31.0 Å². The minimum absolute atomic E-state index is 0.0307. The van der Waals surface area contributed by atoms with E-state index in [1.165, 1.54) is 29.7 Å². The molecule has 0 saturated carbocycles.